The summed E-state index contributed by atoms with van der Waals surface area (Å²) in [5.41, 5.74) is 1.30. The van der Waals surface area contributed by atoms with Crippen molar-refractivity contribution in [3.05, 3.63) is 30.1 Å². The number of nitrogens with zero attached hydrogens (tertiary/aromatic N) is 1. The number of rotatable bonds is 7. The van der Waals surface area contributed by atoms with Crippen molar-refractivity contribution in [2.24, 2.45) is 5.41 Å². The summed E-state index contributed by atoms with van der Waals surface area (Å²) in [6.45, 7) is 9.59. The second-order valence-electron chi connectivity index (χ2n) is 5.28. The maximum atomic E-state index is 12.9. The average Bonchev–Trinajstić information content (AvgIpc) is 2.37. The van der Waals surface area contributed by atoms with Crippen LogP contribution in [0.25, 0.3) is 0 Å². The molecule has 0 saturated heterocycles. The van der Waals surface area contributed by atoms with Gasteiger partial charge in [0.15, 0.2) is 0 Å². The minimum Gasteiger partial charge on any atom is -0.374 e. The highest BCUT2D eigenvalue weighted by molar-refractivity contribution is 5.45. The van der Waals surface area contributed by atoms with Gasteiger partial charge in [0.05, 0.1) is 0 Å². The van der Waals surface area contributed by atoms with Crippen molar-refractivity contribution in [3.63, 3.8) is 0 Å². The molecule has 1 unspecified atom stereocenters. The molecule has 0 aliphatic carbocycles. The van der Waals surface area contributed by atoms with Crippen LogP contribution in [-0.2, 0) is 0 Å². The molecule has 0 amide bonds. The van der Waals surface area contributed by atoms with E-state index in [1.54, 1.807) is 0 Å². The first kappa shape index (κ1) is 15.0. The zero-order valence-electron chi connectivity index (χ0n) is 12.0. The summed E-state index contributed by atoms with van der Waals surface area (Å²) in [7, 11) is 2.06. The summed E-state index contributed by atoms with van der Waals surface area (Å²) in [6.07, 6.45) is 1.12. The van der Waals surface area contributed by atoms with E-state index in [-0.39, 0.29) is 11.2 Å². The topological polar surface area (TPSA) is 15.3 Å². The Kier molecular flexibility index (Phi) is 5.60. The predicted octanol–water partition coefficient (Wildman–Crippen LogP) is 3.29. The SMILES string of the molecule is CCNCC(C)(CC)CN(C)c1ccc(F)cc1. The molecule has 0 fully saturated rings. The summed E-state index contributed by atoms with van der Waals surface area (Å²) in [5.74, 6) is -0.182. The third kappa shape index (κ3) is 4.30. The lowest BCUT2D eigenvalue weighted by molar-refractivity contribution is 0.302. The molecule has 1 aromatic rings. The predicted molar refractivity (Wildman–Crippen MR) is 76.6 cm³/mol. The third-order valence-electron chi connectivity index (χ3n) is 3.54. The lowest BCUT2D eigenvalue weighted by Crippen LogP contribution is -2.40. The van der Waals surface area contributed by atoms with Gasteiger partial charge >= 0.3 is 0 Å². The Morgan fingerprint density at radius 2 is 1.83 bits per heavy atom. The minimum absolute atomic E-state index is 0.182. The maximum absolute atomic E-state index is 12.9. The van der Waals surface area contributed by atoms with E-state index in [1.807, 2.05) is 12.1 Å². The van der Waals surface area contributed by atoms with E-state index in [9.17, 15) is 4.39 Å². The lowest BCUT2D eigenvalue weighted by Gasteiger charge is -2.34. The largest absolute Gasteiger partial charge is 0.374 e. The number of benzene rings is 1. The molecule has 0 saturated carbocycles. The Morgan fingerprint density at radius 3 is 2.33 bits per heavy atom. The van der Waals surface area contributed by atoms with Crippen LogP contribution in [0.5, 0.6) is 0 Å². The molecule has 0 heterocycles. The van der Waals surface area contributed by atoms with E-state index in [2.05, 4.69) is 38.0 Å². The first-order chi connectivity index (χ1) is 8.50. The van der Waals surface area contributed by atoms with E-state index >= 15 is 0 Å². The van der Waals surface area contributed by atoms with Crippen LogP contribution in [0.1, 0.15) is 27.2 Å². The van der Waals surface area contributed by atoms with Crippen LogP contribution in [0, 0.1) is 11.2 Å². The standard InChI is InChI=1S/C15H25FN2/c1-5-15(3,11-17-6-2)12-18(4)14-9-7-13(16)8-10-14/h7-10,17H,5-6,11-12H2,1-4H3. The van der Waals surface area contributed by atoms with Gasteiger partial charge in [-0.25, -0.2) is 4.39 Å². The van der Waals surface area contributed by atoms with Crippen molar-refractivity contribution in [2.45, 2.75) is 27.2 Å². The molecule has 0 radical (unpaired) electrons. The van der Waals surface area contributed by atoms with Gasteiger partial charge in [-0.2, -0.15) is 0 Å². The van der Waals surface area contributed by atoms with Gasteiger partial charge < -0.3 is 10.2 Å². The van der Waals surface area contributed by atoms with E-state index in [0.717, 1.165) is 31.7 Å². The molecule has 0 aliphatic heterocycles. The van der Waals surface area contributed by atoms with Crippen LogP contribution in [0.15, 0.2) is 24.3 Å². The fourth-order valence-electron chi connectivity index (χ4n) is 2.08. The van der Waals surface area contributed by atoms with Crippen molar-refractivity contribution < 1.29 is 4.39 Å². The number of halogens is 1. The fourth-order valence-corrected chi connectivity index (χ4v) is 2.08. The Balaban J connectivity index is 2.66. The van der Waals surface area contributed by atoms with Gasteiger partial charge in [0, 0.05) is 25.8 Å². The van der Waals surface area contributed by atoms with Crippen LogP contribution >= 0.6 is 0 Å². The number of hydrogen-bond donors (Lipinski definition) is 1. The average molecular weight is 252 g/mol. The van der Waals surface area contributed by atoms with Crippen LogP contribution in [0.2, 0.25) is 0 Å². The van der Waals surface area contributed by atoms with Crippen molar-refractivity contribution in [1.29, 1.82) is 0 Å². The molecule has 0 spiro atoms. The van der Waals surface area contributed by atoms with Gasteiger partial charge in [0.1, 0.15) is 5.82 Å². The first-order valence-electron chi connectivity index (χ1n) is 6.68. The molecule has 18 heavy (non-hydrogen) atoms. The van der Waals surface area contributed by atoms with E-state index in [0.29, 0.717) is 0 Å². The second kappa shape index (κ2) is 6.74. The first-order valence-corrected chi connectivity index (χ1v) is 6.68. The van der Waals surface area contributed by atoms with Gasteiger partial charge in [-0.05, 0) is 42.6 Å². The van der Waals surface area contributed by atoms with Crippen molar-refractivity contribution in [3.8, 4) is 0 Å². The summed E-state index contributed by atoms with van der Waals surface area (Å²) in [4.78, 5) is 2.19. The number of anilines is 1. The van der Waals surface area contributed by atoms with Gasteiger partial charge in [-0.3, -0.25) is 0 Å². The van der Waals surface area contributed by atoms with E-state index < -0.39 is 0 Å². The van der Waals surface area contributed by atoms with E-state index in [4.69, 9.17) is 0 Å². The Morgan fingerprint density at radius 1 is 1.22 bits per heavy atom. The summed E-state index contributed by atoms with van der Waals surface area (Å²) >= 11 is 0. The minimum atomic E-state index is -0.182. The lowest BCUT2D eigenvalue weighted by atomic mass is 9.86. The van der Waals surface area contributed by atoms with Crippen LogP contribution in [0.4, 0.5) is 10.1 Å². The number of hydrogen-bond acceptors (Lipinski definition) is 2. The Labute approximate surface area is 110 Å². The van der Waals surface area contributed by atoms with Crippen molar-refractivity contribution in [2.75, 3.05) is 31.6 Å². The zero-order valence-corrected chi connectivity index (χ0v) is 12.0. The van der Waals surface area contributed by atoms with Gasteiger partial charge in [-0.1, -0.05) is 20.8 Å². The van der Waals surface area contributed by atoms with Gasteiger partial charge in [0.25, 0.3) is 0 Å². The highest BCUT2D eigenvalue weighted by Crippen LogP contribution is 2.24. The molecule has 1 aromatic carbocycles. The molecule has 102 valence electrons. The normalized spacial score (nSPS) is 14.3. The molecular weight excluding hydrogens is 227 g/mol. The molecule has 0 bridgehead atoms. The second-order valence-corrected chi connectivity index (χ2v) is 5.28. The molecular formula is C15H25FN2. The van der Waals surface area contributed by atoms with Gasteiger partial charge in [0.2, 0.25) is 0 Å². The molecule has 1 N–H and O–H groups in total. The molecule has 0 aromatic heterocycles. The summed E-state index contributed by atoms with van der Waals surface area (Å²) in [6, 6.07) is 6.69. The smallest absolute Gasteiger partial charge is 0.123 e. The zero-order chi connectivity index (χ0) is 13.6. The maximum Gasteiger partial charge on any atom is 0.123 e. The van der Waals surface area contributed by atoms with E-state index in [1.165, 1.54) is 12.1 Å². The summed E-state index contributed by atoms with van der Waals surface area (Å²) in [5, 5.41) is 3.42. The Bertz CT molecular complexity index is 350. The summed E-state index contributed by atoms with van der Waals surface area (Å²) < 4.78 is 12.9. The van der Waals surface area contributed by atoms with Gasteiger partial charge in [-0.15, -0.1) is 0 Å². The van der Waals surface area contributed by atoms with Crippen LogP contribution in [0.3, 0.4) is 0 Å². The highest BCUT2D eigenvalue weighted by atomic mass is 19.1. The highest BCUT2D eigenvalue weighted by Gasteiger charge is 2.23. The fraction of sp³-hybridized carbons (Fsp3) is 0.600. The molecule has 1 atom stereocenters. The van der Waals surface area contributed by atoms with Crippen molar-refractivity contribution in [1.82, 2.24) is 5.32 Å². The number of nitrogens with one attached hydrogen (secondary N) is 1. The molecule has 2 nitrogen and oxygen atoms in total. The monoisotopic (exact) mass is 252 g/mol. The van der Waals surface area contributed by atoms with Crippen LogP contribution < -0.4 is 10.2 Å². The quantitative estimate of drug-likeness (QED) is 0.801. The molecule has 3 heteroatoms. The Hall–Kier alpha value is -1.09. The van der Waals surface area contributed by atoms with Crippen LogP contribution in [-0.4, -0.2) is 26.7 Å². The van der Waals surface area contributed by atoms with Crippen molar-refractivity contribution >= 4 is 5.69 Å². The molecule has 0 aliphatic rings. The molecule has 1 rings (SSSR count). The third-order valence-corrected chi connectivity index (χ3v) is 3.54.